The third-order valence-corrected chi connectivity index (χ3v) is 9.28. The molecule has 2 aromatic carbocycles. The number of carbonyl (C=O) groups is 3. The number of fused-ring (bicyclic) bond motifs is 1. The van der Waals surface area contributed by atoms with Gasteiger partial charge in [0, 0.05) is 52.4 Å². The van der Waals surface area contributed by atoms with E-state index in [2.05, 4.69) is 20.5 Å². The van der Waals surface area contributed by atoms with Crippen molar-refractivity contribution in [3.8, 4) is 0 Å². The third kappa shape index (κ3) is 5.86. The second-order valence-corrected chi connectivity index (χ2v) is 12.4. The zero-order valence-corrected chi connectivity index (χ0v) is 25.7. The van der Waals surface area contributed by atoms with Gasteiger partial charge in [0.15, 0.2) is 0 Å². The Morgan fingerprint density at radius 1 is 1.09 bits per heavy atom. The molecule has 43 heavy (non-hydrogen) atoms. The van der Waals surface area contributed by atoms with E-state index in [-0.39, 0.29) is 29.8 Å². The maximum atomic E-state index is 13.9. The molecule has 3 aliphatic rings. The molecular formula is C34H38ClN5O3. The van der Waals surface area contributed by atoms with Gasteiger partial charge in [-0.25, -0.2) is 0 Å². The zero-order chi connectivity index (χ0) is 30.2. The van der Waals surface area contributed by atoms with E-state index in [1.165, 1.54) is 12.8 Å². The number of likely N-dealkylation sites (tertiary alicyclic amines) is 2. The van der Waals surface area contributed by atoms with E-state index in [9.17, 15) is 14.4 Å². The lowest BCUT2D eigenvalue weighted by Crippen LogP contribution is -2.42. The topological polar surface area (TPSA) is 97.5 Å². The van der Waals surface area contributed by atoms with E-state index >= 15 is 0 Å². The van der Waals surface area contributed by atoms with Crippen molar-refractivity contribution in [2.75, 3.05) is 31.5 Å². The van der Waals surface area contributed by atoms with E-state index in [0.29, 0.717) is 33.0 Å². The minimum atomic E-state index is -0.250. The van der Waals surface area contributed by atoms with Gasteiger partial charge in [-0.1, -0.05) is 23.7 Å². The first-order valence-electron chi connectivity index (χ1n) is 15.2. The smallest absolute Gasteiger partial charge is 0.256 e. The predicted octanol–water partition coefficient (Wildman–Crippen LogP) is 5.97. The highest BCUT2D eigenvalue weighted by Gasteiger charge is 2.34. The monoisotopic (exact) mass is 599 g/mol. The van der Waals surface area contributed by atoms with Gasteiger partial charge in [0.25, 0.3) is 17.7 Å². The first kappa shape index (κ1) is 29.2. The molecule has 6 rings (SSSR count). The van der Waals surface area contributed by atoms with E-state index in [1.807, 2.05) is 43.9 Å². The highest BCUT2D eigenvalue weighted by Crippen LogP contribution is 2.35. The molecule has 0 unspecified atom stereocenters. The van der Waals surface area contributed by atoms with Crippen LogP contribution in [0.25, 0.3) is 11.6 Å². The molecular weight excluding hydrogens is 562 g/mol. The molecule has 224 valence electrons. The molecule has 1 aromatic heterocycles. The fourth-order valence-corrected chi connectivity index (χ4v) is 6.89. The minimum Gasteiger partial charge on any atom is -0.358 e. The number of nitrogens with zero attached hydrogens (tertiary/aromatic N) is 2. The summed E-state index contributed by atoms with van der Waals surface area (Å²) in [4.78, 5) is 48.0. The Bertz CT molecular complexity index is 1620. The second kappa shape index (κ2) is 12.0. The van der Waals surface area contributed by atoms with Crippen molar-refractivity contribution in [1.29, 1.82) is 0 Å². The molecule has 2 atom stereocenters. The molecule has 3 N–H and O–H groups in total. The van der Waals surface area contributed by atoms with Gasteiger partial charge in [0.1, 0.15) is 0 Å². The number of amides is 3. The maximum Gasteiger partial charge on any atom is 0.256 e. The lowest BCUT2D eigenvalue weighted by atomic mass is 10.0. The molecule has 3 aromatic rings. The van der Waals surface area contributed by atoms with Gasteiger partial charge >= 0.3 is 0 Å². The first-order chi connectivity index (χ1) is 20.7. The molecule has 8 nitrogen and oxygen atoms in total. The van der Waals surface area contributed by atoms with E-state index in [1.54, 1.807) is 30.3 Å². The highest BCUT2D eigenvalue weighted by atomic mass is 35.5. The molecule has 0 saturated carbocycles. The van der Waals surface area contributed by atoms with Crippen LogP contribution in [0.1, 0.15) is 87.4 Å². The predicted molar refractivity (Wildman–Crippen MR) is 170 cm³/mol. The van der Waals surface area contributed by atoms with Crippen LogP contribution in [0.5, 0.6) is 0 Å². The van der Waals surface area contributed by atoms with Crippen LogP contribution in [-0.4, -0.2) is 64.7 Å². The van der Waals surface area contributed by atoms with Crippen LogP contribution in [0.15, 0.2) is 42.5 Å². The molecule has 2 saturated heterocycles. The Hall–Kier alpha value is -3.88. The van der Waals surface area contributed by atoms with Crippen LogP contribution in [0.3, 0.4) is 0 Å². The fraction of sp³-hybridized carbons (Fsp3) is 0.382. The normalized spacial score (nSPS) is 20.0. The van der Waals surface area contributed by atoms with Crippen LogP contribution in [0.2, 0.25) is 5.02 Å². The summed E-state index contributed by atoms with van der Waals surface area (Å²) < 4.78 is 0. The number of rotatable bonds is 7. The molecule has 0 spiro atoms. The van der Waals surface area contributed by atoms with Crippen molar-refractivity contribution in [1.82, 2.24) is 20.1 Å². The number of hydrogen-bond acceptors (Lipinski definition) is 4. The van der Waals surface area contributed by atoms with E-state index < -0.39 is 0 Å². The summed E-state index contributed by atoms with van der Waals surface area (Å²) in [5.74, 6) is -0.436. The summed E-state index contributed by atoms with van der Waals surface area (Å²) in [6, 6.07) is 12.6. The molecule has 0 bridgehead atoms. The van der Waals surface area contributed by atoms with E-state index in [0.717, 1.165) is 61.5 Å². The average molecular weight is 600 g/mol. The van der Waals surface area contributed by atoms with Crippen molar-refractivity contribution < 1.29 is 14.4 Å². The number of aromatic nitrogens is 1. The Morgan fingerprint density at radius 2 is 1.88 bits per heavy atom. The summed E-state index contributed by atoms with van der Waals surface area (Å²) in [6.45, 7) is 9.70. The minimum absolute atomic E-state index is 0.0571. The molecule has 3 amide bonds. The van der Waals surface area contributed by atoms with Crippen LogP contribution in [0.4, 0.5) is 5.69 Å². The SMILES string of the molecule is Cc1[nH]c(/C=C2\C(=O)Nc3ccc(C(=O)N[C@H](C)c4cccc(Cl)c4)cc32)c(C)c1C(=O)N1CCC[C@H]1CN1CCCC1. The Morgan fingerprint density at radius 3 is 2.65 bits per heavy atom. The van der Waals surface area contributed by atoms with Gasteiger partial charge in [0.2, 0.25) is 0 Å². The van der Waals surface area contributed by atoms with Gasteiger partial charge in [-0.05, 0) is 107 Å². The van der Waals surface area contributed by atoms with Gasteiger partial charge in [-0.2, -0.15) is 0 Å². The third-order valence-electron chi connectivity index (χ3n) is 9.05. The number of aromatic amines is 1. The second-order valence-electron chi connectivity index (χ2n) is 12.0. The van der Waals surface area contributed by atoms with Crippen LogP contribution in [0, 0.1) is 13.8 Å². The van der Waals surface area contributed by atoms with Gasteiger partial charge in [-0.3, -0.25) is 14.4 Å². The summed E-state index contributed by atoms with van der Waals surface area (Å²) in [5, 5.41) is 6.53. The Kier molecular flexibility index (Phi) is 8.16. The first-order valence-corrected chi connectivity index (χ1v) is 15.5. The summed E-state index contributed by atoms with van der Waals surface area (Å²) in [5.41, 5.74) is 6.12. The molecule has 0 radical (unpaired) electrons. The Labute approximate surface area is 257 Å². The number of halogens is 1. The summed E-state index contributed by atoms with van der Waals surface area (Å²) in [6.07, 6.45) is 6.32. The van der Waals surface area contributed by atoms with Crippen molar-refractivity contribution in [3.05, 3.63) is 86.7 Å². The number of carbonyl (C=O) groups excluding carboxylic acids is 3. The van der Waals surface area contributed by atoms with Gasteiger partial charge in [-0.15, -0.1) is 0 Å². The van der Waals surface area contributed by atoms with Crippen molar-refractivity contribution >= 4 is 46.7 Å². The lowest BCUT2D eigenvalue weighted by molar-refractivity contribution is -0.110. The number of hydrogen-bond donors (Lipinski definition) is 3. The maximum absolute atomic E-state index is 13.9. The number of anilines is 1. The zero-order valence-electron chi connectivity index (χ0n) is 24.9. The average Bonchev–Trinajstić information content (AvgIpc) is 3.77. The number of nitrogens with one attached hydrogen (secondary N) is 3. The number of H-pyrrole nitrogens is 1. The largest absolute Gasteiger partial charge is 0.358 e. The van der Waals surface area contributed by atoms with Crippen LogP contribution >= 0.6 is 11.6 Å². The Balaban J connectivity index is 1.24. The van der Waals surface area contributed by atoms with Crippen LogP contribution in [-0.2, 0) is 4.79 Å². The summed E-state index contributed by atoms with van der Waals surface area (Å²) in [7, 11) is 0. The van der Waals surface area contributed by atoms with Crippen LogP contribution < -0.4 is 10.6 Å². The molecule has 2 fully saturated rings. The fourth-order valence-electron chi connectivity index (χ4n) is 6.70. The van der Waals surface area contributed by atoms with E-state index in [4.69, 9.17) is 11.6 Å². The molecule has 3 aliphatic heterocycles. The number of benzene rings is 2. The lowest BCUT2D eigenvalue weighted by Gasteiger charge is -2.28. The molecule has 0 aliphatic carbocycles. The van der Waals surface area contributed by atoms with Crippen molar-refractivity contribution in [3.63, 3.8) is 0 Å². The number of aryl methyl sites for hydroxylation is 1. The van der Waals surface area contributed by atoms with Gasteiger partial charge < -0.3 is 25.4 Å². The molecule has 9 heteroatoms. The standard InChI is InChI=1S/C34H38ClN5O3/c1-20-30(36-22(3)31(20)34(43)40-15-7-10-26(40)19-39-13-4-5-14-39)18-28-27-17-24(11-12-29(27)38-33(28)42)32(41)37-21(2)23-8-6-9-25(35)16-23/h6,8-9,11-12,16-18,21,26,36H,4-5,7,10,13-15,19H2,1-3H3,(H,37,41)(H,38,42)/b28-18-/t21-,26+/m1/s1. The quantitative estimate of drug-likeness (QED) is 0.292. The highest BCUT2D eigenvalue weighted by molar-refractivity contribution is 6.35. The van der Waals surface area contributed by atoms with Gasteiger partial charge in [0.05, 0.1) is 17.2 Å². The van der Waals surface area contributed by atoms with Crippen molar-refractivity contribution in [2.45, 2.75) is 58.5 Å². The molecule has 4 heterocycles. The summed E-state index contributed by atoms with van der Waals surface area (Å²) >= 11 is 6.13. The van der Waals surface area contributed by atoms with Crippen molar-refractivity contribution in [2.24, 2.45) is 0 Å².